The topological polar surface area (TPSA) is 85.0 Å². The van der Waals surface area contributed by atoms with Crippen molar-refractivity contribution in [1.82, 2.24) is 24.5 Å². The maximum atomic E-state index is 12.3. The van der Waals surface area contributed by atoms with Crippen molar-refractivity contribution >= 4 is 17.5 Å². The van der Waals surface area contributed by atoms with Gasteiger partial charge in [0.2, 0.25) is 5.91 Å². The van der Waals surface area contributed by atoms with Gasteiger partial charge in [-0.25, -0.2) is 0 Å². The average Bonchev–Trinajstić information content (AvgIpc) is 3.14. The molecular weight excluding hydrogens is 308 g/mol. The van der Waals surface area contributed by atoms with Crippen LogP contribution in [0.15, 0.2) is 18.6 Å². The number of likely N-dealkylation sites (tertiary alicyclic amines) is 1. The first kappa shape index (κ1) is 16.2. The molecule has 0 saturated carbocycles. The minimum absolute atomic E-state index is 0.0683. The van der Waals surface area contributed by atoms with Gasteiger partial charge in [0.25, 0.3) is 5.91 Å². The molecule has 2 aromatic rings. The summed E-state index contributed by atoms with van der Waals surface area (Å²) in [4.78, 5) is 26.4. The molecule has 1 aliphatic rings. The number of nitrogens with zero attached hydrogens (tertiary/aromatic N) is 5. The number of rotatable bonds is 4. The second-order valence-corrected chi connectivity index (χ2v) is 6.12. The Bertz CT molecular complexity index is 742. The van der Waals surface area contributed by atoms with E-state index in [1.165, 1.54) is 6.42 Å². The van der Waals surface area contributed by atoms with Gasteiger partial charge in [-0.2, -0.15) is 10.2 Å². The molecule has 1 N–H and O–H groups in total. The second kappa shape index (κ2) is 6.86. The number of carbonyl (C=O) groups is 2. The number of anilines is 1. The molecule has 2 aromatic heterocycles. The van der Waals surface area contributed by atoms with Gasteiger partial charge in [-0.3, -0.25) is 19.0 Å². The average molecular weight is 330 g/mol. The highest BCUT2D eigenvalue weighted by molar-refractivity contribution is 6.04. The molecule has 0 aromatic carbocycles. The van der Waals surface area contributed by atoms with Crippen molar-refractivity contribution in [3.05, 3.63) is 29.8 Å². The molecule has 8 nitrogen and oxygen atoms in total. The van der Waals surface area contributed by atoms with E-state index in [-0.39, 0.29) is 18.4 Å². The van der Waals surface area contributed by atoms with Crippen molar-refractivity contribution in [2.24, 2.45) is 7.05 Å². The van der Waals surface area contributed by atoms with E-state index in [4.69, 9.17) is 0 Å². The fourth-order valence-corrected chi connectivity index (χ4v) is 2.92. The first-order valence-corrected chi connectivity index (χ1v) is 8.15. The van der Waals surface area contributed by atoms with Gasteiger partial charge < -0.3 is 10.2 Å². The van der Waals surface area contributed by atoms with Gasteiger partial charge in [0.05, 0.1) is 23.1 Å². The van der Waals surface area contributed by atoms with Crippen LogP contribution in [0.5, 0.6) is 0 Å². The van der Waals surface area contributed by atoms with Crippen LogP contribution in [-0.4, -0.2) is 49.4 Å². The smallest absolute Gasteiger partial charge is 0.259 e. The Morgan fingerprint density at radius 2 is 1.96 bits per heavy atom. The van der Waals surface area contributed by atoms with Crippen molar-refractivity contribution in [3.8, 4) is 0 Å². The van der Waals surface area contributed by atoms with Gasteiger partial charge in [0, 0.05) is 32.5 Å². The van der Waals surface area contributed by atoms with Crippen molar-refractivity contribution in [1.29, 1.82) is 0 Å². The summed E-state index contributed by atoms with van der Waals surface area (Å²) in [6.45, 7) is 3.63. The molecular formula is C16H22N6O2. The maximum absolute atomic E-state index is 12.3. The van der Waals surface area contributed by atoms with Crippen LogP contribution in [-0.2, 0) is 18.4 Å². The number of aryl methyl sites for hydroxylation is 2. The van der Waals surface area contributed by atoms with Gasteiger partial charge in [-0.15, -0.1) is 0 Å². The number of amides is 2. The van der Waals surface area contributed by atoms with E-state index >= 15 is 0 Å². The summed E-state index contributed by atoms with van der Waals surface area (Å²) in [5.74, 6) is -0.165. The number of nitrogens with one attached hydrogen (secondary N) is 1. The van der Waals surface area contributed by atoms with Crippen LogP contribution in [0.25, 0.3) is 0 Å². The van der Waals surface area contributed by atoms with E-state index in [0.717, 1.165) is 25.9 Å². The number of carbonyl (C=O) groups excluding carboxylic acids is 2. The Morgan fingerprint density at radius 1 is 1.21 bits per heavy atom. The lowest BCUT2D eigenvalue weighted by atomic mass is 10.1. The molecule has 0 atom stereocenters. The molecule has 8 heteroatoms. The number of piperidine rings is 1. The van der Waals surface area contributed by atoms with E-state index in [0.29, 0.717) is 16.9 Å². The van der Waals surface area contributed by atoms with Gasteiger partial charge in [0.1, 0.15) is 6.54 Å². The molecule has 0 aliphatic carbocycles. The fourth-order valence-electron chi connectivity index (χ4n) is 2.92. The van der Waals surface area contributed by atoms with E-state index in [1.807, 2.05) is 4.90 Å². The van der Waals surface area contributed by atoms with E-state index in [9.17, 15) is 9.59 Å². The Balaban J connectivity index is 1.60. The minimum Gasteiger partial charge on any atom is -0.341 e. The van der Waals surface area contributed by atoms with Crippen LogP contribution in [0.4, 0.5) is 5.69 Å². The molecule has 1 aliphatic heterocycles. The van der Waals surface area contributed by atoms with Crippen LogP contribution in [0, 0.1) is 6.92 Å². The predicted octanol–water partition coefficient (Wildman–Crippen LogP) is 1.19. The number of aromatic nitrogens is 4. The second-order valence-electron chi connectivity index (χ2n) is 6.12. The van der Waals surface area contributed by atoms with Crippen molar-refractivity contribution in [2.45, 2.75) is 32.7 Å². The standard InChI is InChI=1S/C16H22N6O2/c1-12-14(10-20(2)19-12)16(24)18-13-8-17-22(9-13)11-15(23)21-6-4-3-5-7-21/h8-10H,3-7,11H2,1-2H3,(H,18,24). The van der Waals surface area contributed by atoms with Crippen LogP contribution in [0.3, 0.4) is 0 Å². The predicted molar refractivity (Wildman–Crippen MR) is 88.6 cm³/mol. The Labute approximate surface area is 140 Å². The molecule has 3 heterocycles. The van der Waals surface area contributed by atoms with E-state index in [1.54, 1.807) is 41.9 Å². The third-order valence-corrected chi connectivity index (χ3v) is 4.16. The quantitative estimate of drug-likeness (QED) is 0.912. The zero-order valence-electron chi connectivity index (χ0n) is 14.0. The van der Waals surface area contributed by atoms with Crippen molar-refractivity contribution < 1.29 is 9.59 Å². The van der Waals surface area contributed by atoms with E-state index < -0.39 is 0 Å². The summed E-state index contributed by atoms with van der Waals surface area (Å²) in [6, 6.07) is 0. The number of hydrogen-bond acceptors (Lipinski definition) is 4. The first-order chi connectivity index (χ1) is 11.5. The van der Waals surface area contributed by atoms with Crippen LogP contribution >= 0.6 is 0 Å². The largest absolute Gasteiger partial charge is 0.341 e. The zero-order valence-corrected chi connectivity index (χ0v) is 14.0. The lowest BCUT2D eigenvalue weighted by Crippen LogP contribution is -2.37. The van der Waals surface area contributed by atoms with Crippen LogP contribution < -0.4 is 5.32 Å². The summed E-state index contributed by atoms with van der Waals surface area (Å²) in [5, 5.41) is 11.1. The summed E-state index contributed by atoms with van der Waals surface area (Å²) >= 11 is 0. The summed E-state index contributed by atoms with van der Waals surface area (Å²) in [5.41, 5.74) is 1.76. The Hall–Kier alpha value is -2.64. The maximum Gasteiger partial charge on any atom is 0.259 e. The molecule has 0 radical (unpaired) electrons. The molecule has 24 heavy (non-hydrogen) atoms. The molecule has 128 valence electrons. The van der Waals surface area contributed by atoms with Gasteiger partial charge in [-0.05, 0) is 26.2 Å². The lowest BCUT2D eigenvalue weighted by molar-refractivity contribution is -0.132. The Kier molecular flexibility index (Phi) is 4.64. The summed E-state index contributed by atoms with van der Waals surface area (Å²) < 4.78 is 3.16. The molecule has 1 saturated heterocycles. The van der Waals surface area contributed by atoms with Crippen molar-refractivity contribution in [3.63, 3.8) is 0 Å². The van der Waals surface area contributed by atoms with Crippen LogP contribution in [0.2, 0.25) is 0 Å². The van der Waals surface area contributed by atoms with Gasteiger partial charge >= 0.3 is 0 Å². The highest BCUT2D eigenvalue weighted by Crippen LogP contribution is 2.12. The summed E-state index contributed by atoms with van der Waals surface area (Å²) in [6.07, 6.45) is 8.22. The molecule has 3 rings (SSSR count). The zero-order chi connectivity index (χ0) is 17.1. The molecule has 0 spiro atoms. The van der Waals surface area contributed by atoms with Crippen molar-refractivity contribution in [2.75, 3.05) is 18.4 Å². The fraction of sp³-hybridized carbons (Fsp3) is 0.500. The third-order valence-electron chi connectivity index (χ3n) is 4.16. The lowest BCUT2D eigenvalue weighted by Gasteiger charge is -2.26. The monoisotopic (exact) mass is 330 g/mol. The molecule has 2 amide bonds. The highest BCUT2D eigenvalue weighted by atomic mass is 16.2. The SMILES string of the molecule is Cc1nn(C)cc1C(=O)Nc1cnn(CC(=O)N2CCCCC2)c1. The first-order valence-electron chi connectivity index (χ1n) is 8.15. The normalized spacial score (nSPS) is 14.7. The van der Waals surface area contributed by atoms with Gasteiger partial charge in [-0.1, -0.05) is 0 Å². The molecule has 0 unspecified atom stereocenters. The van der Waals surface area contributed by atoms with Crippen LogP contribution in [0.1, 0.15) is 35.3 Å². The Morgan fingerprint density at radius 3 is 2.62 bits per heavy atom. The third kappa shape index (κ3) is 3.64. The summed E-state index contributed by atoms with van der Waals surface area (Å²) in [7, 11) is 1.77. The number of hydrogen-bond donors (Lipinski definition) is 1. The molecule has 1 fully saturated rings. The highest BCUT2D eigenvalue weighted by Gasteiger charge is 2.18. The van der Waals surface area contributed by atoms with E-state index in [2.05, 4.69) is 15.5 Å². The van der Waals surface area contributed by atoms with Gasteiger partial charge in [0.15, 0.2) is 0 Å². The molecule has 0 bridgehead atoms. The minimum atomic E-state index is -0.234.